The zero-order chi connectivity index (χ0) is 14.4. The number of aliphatic carboxylic acids is 1. The summed E-state index contributed by atoms with van der Waals surface area (Å²) in [6.45, 7) is 3.81. The molecular formula is C16H15NO3. The lowest BCUT2D eigenvalue weighted by Gasteiger charge is -2.34. The maximum atomic E-state index is 11.9. The van der Waals surface area contributed by atoms with Crippen molar-refractivity contribution in [3.05, 3.63) is 58.4 Å². The van der Waals surface area contributed by atoms with Crippen LogP contribution in [0.5, 0.6) is 0 Å². The molecule has 0 aromatic rings. The van der Waals surface area contributed by atoms with Crippen LogP contribution < -0.4 is 5.32 Å². The molecule has 102 valence electrons. The molecule has 0 saturated heterocycles. The van der Waals surface area contributed by atoms with E-state index in [4.69, 9.17) is 0 Å². The van der Waals surface area contributed by atoms with Crippen molar-refractivity contribution in [3.63, 3.8) is 0 Å². The highest BCUT2D eigenvalue weighted by Crippen LogP contribution is 2.35. The van der Waals surface area contributed by atoms with Gasteiger partial charge < -0.3 is 10.4 Å². The van der Waals surface area contributed by atoms with Gasteiger partial charge in [-0.15, -0.1) is 0 Å². The molecule has 20 heavy (non-hydrogen) atoms. The van der Waals surface area contributed by atoms with Crippen molar-refractivity contribution in [2.24, 2.45) is 5.92 Å². The van der Waals surface area contributed by atoms with Crippen molar-refractivity contribution in [1.29, 1.82) is 0 Å². The second kappa shape index (κ2) is 4.34. The van der Waals surface area contributed by atoms with Gasteiger partial charge in [-0.1, -0.05) is 31.2 Å². The average molecular weight is 269 g/mol. The van der Waals surface area contributed by atoms with Crippen molar-refractivity contribution in [2.45, 2.75) is 19.9 Å². The summed E-state index contributed by atoms with van der Waals surface area (Å²) >= 11 is 0. The highest BCUT2D eigenvalue weighted by Gasteiger charge is 2.34. The Morgan fingerprint density at radius 3 is 2.80 bits per heavy atom. The minimum Gasteiger partial charge on any atom is -0.478 e. The summed E-state index contributed by atoms with van der Waals surface area (Å²) in [5.74, 6) is -1.55. The fourth-order valence-electron chi connectivity index (χ4n) is 2.81. The summed E-state index contributed by atoms with van der Waals surface area (Å²) in [5, 5.41) is 12.6. The van der Waals surface area contributed by atoms with Crippen molar-refractivity contribution >= 4 is 11.8 Å². The van der Waals surface area contributed by atoms with E-state index in [9.17, 15) is 14.7 Å². The van der Waals surface area contributed by atoms with E-state index in [0.717, 1.165) is 16.7 Å². The first-order chi connectivity index (χ1) is 9.49. The Labute approximate surface area is 116 Å². The summed E-state index contributed by atoms with van der Waals surface area (Å²) < 4.78 is 0. The fourth-order valence-corrected chi connectivity index (χ4v) is 2.81. The van der Waals surface area contributed by atoms with Gasteiger partial charge in [0.15, 0.2) is 5.78 Å². The number of carboxylic acids is 1. The number of allylic oxidation sites excluding steroid dienone is 5. The largest absolute Gasteiger partial charge is 0.478 e. The number of carbonyl (C=O) groups excluding carboxylic acids is 1. The molecule has 4 nitrogen and oxygen atoms in total. The van der Waals surface area contributed by atoms with Gasteiger partial charge in [-0.25, -0.2) is 4.79 Å². The first-order valence-electron chi connectivity index (χ1n) is 6.55. The third kappa shape index (κ3) is 1.76. The van der Waals surface area contributed by atoms with Crippen LogP contribution in [0.15, 0.2) is 58.4 Å². The molecule has 0 spiro atoms. The Balaban J connectivity index is 2.14. The third-order valence-electron chi connectivity index (χ3n) is 4.02. The molecule has 2 atom stereocenters. The van der Waals surface area contributed by atoms with Crippen LogP contribution in [-0.4, -0.2) is 22.9 Å². The van der Waals surface area contributed by atoms with Crippen molar-refractivity contribution in [2.75, 3.05) is 0 Å². The number of carbonyl (C=O) groups is 2. The van der Waals surface area contributed by atoms with Gasteiger partial charge in [-0.05, 0) is 29.7 Å². The molecule has 3 aliphatic rings. The Hall–Kier alpha value is -2.36. The molecule has 4 heteroatoms. The average Bonchev–Trinajstić information content (AvgIpc) is 2.42. The van der Waals surface area contributed by atoms with Crippen molar-refractivity contribution in [3.8, 4) is 0 Å². The van der Waals surface area contributed by atoms with E-state index < -0.39 is 5.97 Å². The van der Waals surface area contributed by atoms with Gasteiger partial charge in [0, 0.05) is 5.92 Å². The van der Waals surface area contributed by atoms with Crippen molar-refractivity contribution < 1.29 is 14.7 Å². The highest BCUT2D eigenvalue weighted by molar-refractivity contribution is 6.06. The van der Waals surface area contributed by atoms with Crippen LogP contribution in [0.3, 0.4) is 0 Å². The highest BCUT2D eigenvalue weighted by atomic mass is 16.4. The van der Waals surface area contributed by atoms with E-state index in [1.54, 1.807) is 6.92 Å². The zero-order valence-electron chi connectivity index (χ0n) is 11.3. The molecular weight excluding hydrogens is 254 g/mol. The molecule has 0 bridgehead atoms. The van der Waals surface area contributed by atoms with Crippen LogP contribution in [0.2, 0.25) is 0 Å². The number of dihydropyridines is 1. The van der Waals surface area contributed by atoms with E-state index in [1.165, 1.54) is 6.08 Å². The molecule has 0 saturated carbocycles. The number of rotatable bonds is 1. The summed E-state index contributed by atoms with van der Waals surface area (Å²) in [6, 6.07) is -0.0121. The predicted octanol–water partition coefficient (Wildman–Crippen LogP) is 1.88. The molecule has 0 aromatic heterocycles. The standard InChI is InChI=1S/C16H15NO3/c1-8-4-3-5-10-6-11-9(2)13(18)7-12(16(19)20)15(11)17-14(8)10/h3-7,9,14,17H,1-2H3,(H,19,20). The lowest BCUT2D eigenvalue weighted by atomic mass is 9.80. The molecule has 0 amide bonds. The predicted molar refractivity (Wildman–Crippen MR) is 74.8 cm³/mol. The second-order valence-electron chi connectivity index (χ2n) is 5.31. The Morgan fingerprint density at radius 1 is 1.35 bits per heavy atom. The molecule has 2 unspecified atom stereocenters. The molecule has 0 fully saturated rings. The molecule has 2 aliphatic carbocycles. The summed E-state index contributed by atoms with van der Waals surface area (Å²) in [7, 11) is 0. The minimum atomic E-state index is -1.07. The Bertz CT molecular complexity index is 674. The fraction of sp³-hybridized carbons (Fsp3) is 0.250. The molecule has 0 aromatic carbocycles. The minimum absolute atomic E-state index is 0.0121. The van der Waals surface area contributed by atoms with Crippen molar-refractivity contribution in [1.82, 2.24) is 5.32 Å². The maximum absolute atomic E-state index is 11.9. The van der Waals surface area contributed by atoms with Gasteiger partial charge in [0.05, 0.1) is 17.3 Å². The van der Waals surface area contributed by atoms with Gasteiger partial charge in [-0.2, -0.15) is 0 Å². The van der Waals surface area contributed by atoms with Gasteiger partial charge >= 0.3 is 5.97 Å². The van der Waals surface area contributed by atoms with Crippen LogP contribution in [-0.2, 0) is 9.59 Å². The first kappa shape index (κ1) is 12.7. The van der Waals surface area contributed by atoms with Crippen LogP contribution in [0, 0.1) is 5.92 Å². The summed E-state index contributed by atoms with van der Waals surface area (Å²) in [5.41, 5.74) is 3.58. The maximum Gasteiger partial charge on any atom is 0.337 e. The summed E-state index contributed by atoms with van der Waals surface area (Å²) in [6.07, 6.45) is 9.14. The van der Waals surface area contributed by atoms with Gasteiger partial charge in [0.2, 0.25) is 0 Å². The monoisotopic (exact) mass is 269 g/mol. The van der Waals surface area contributed by atoms with Gasteiger partial charge in [-0.3, -0.25) is 4.79 Å². The summed E-state index contributed by atoms with van der Waals surface area (Å²) in [4.78, 5) is 23.3. The topological polar surface area (TPSA) is 66.4 Å². The van der Waals surface area contributed by atoms with Crippen LogP contribution in [0.25, 0.3) is 0 Å². The second-order valence-corrected chi connectivity index (χ2v) is 5.31. The molecule has 2 N–H and O–H groups in total. The number of fused-ring (bicyclic) bond motifs is 1. The quantitative estimate of drug-likeness (QED) is 0.763. The lowest BCUT2D eigenvalue weighted by molar-refractivity contribution is -0.133. The smallest absolute Gasteiger partial charge is 0.337 e. The molecule has 1 aliphatic heterocycles. The van der Waals surface area contributed by atoms with Gasteiger partial charge in [0.25, 0.3) is 0 Å². The SMILES string of the molecule is CC1=CC=CC2=CC3=C(NC12)C(C(=O)O)=CC(=O)C3C. The van der Waals surface area contributed by atoms with E-state index in [2.05, 4.69) is 5.32 Å². The number of ketones is 1. The normalized spacial score (nSPS) is 27.9. The first-order valence-corrected chi connectivity index (χ1v) is 6.55. The van der Waals surface area contributed by atoms with Crippen LogP contribution in [0.4, 0.5) is 0 Å². The Morgan fingerprint density at radius 2 is 2.10 bits per heavy atom. The molecule has 3 rings (SSSR count). The van der Waals surface area contributed by atoms with Crippen LogP contribution in [0.1, 0.15) is 13.8 Å². The number of nitrogens with one attached hydrogen (secondary N) is 1. The van der Waals surface area contributed by atoms with Gasteiger partial charge in [0.1, 0.15) is 0 Å². The Kier molecular flexibility index (Phi) is 2.74. The van der Waals surface area contributed by atoms with E-state index >= 15 is 0 Å². The van der Waals surface area contributed by atoms with E-state index in [1.807, 2.05) is 31.2 Å². The third-order valence-corrected chi connectivity index (χ3v) is 4.02. The lowest BCUT2D eigenvalue weighted by Crippen LogP contribution is -2.40. The van der Waals surface area contributed by atoms with Crippen LogP contribution >= 0.6 is 0 Å². The van der Waals surface area contributed by atoms with E-state index in [0.29, 0.717) is 5.70 Å². The number of hydrogen-bond acceptors (Lipinski definition) is 3. The number of hydrogen-bond donors (Lipinski definition) is 2. The molecule has 1 heterocycles. The van der Waals surface area contributed by atoms with E-state index in [-0.39, 0.29) is 23.3 Å². The number of carboxylic acid groups (broad SMARTS) is 1. The zero-order valence-corrected chi connectivity index (χ0v) is 11.3. The molecule has 0 radical (unpaired) electrons.